The molecule has 1 aliphatic rings. The Bertz CT molecular complexity index is 697. The van der Waals surface area contributed by atoms with Crippen molar-refractivity contribution >= 4 is 34.6 Å². The van der Waals surface area contributed by atoms with Crippen LogP contribution in [0.2, 0.25) is 5.02 Å². The van der Waals surface area contributed by atoms with Crippen LogP contribution in [0.4, 0.5) is 5.69 Å². The van der Waals surface area contributed by atoms with Crippen molar-refractivity contribution in [2.24, 2.45) is 0 Å². The quantitative estimate of drug-likeness (QED) is 0.750. The molecule has 3 nitrogen and oxygen atoms in total. The molecule has 0 saturated carbocycles. The molecule has 1 fully saturated rings. The highest BCUT2D eigenvalue weighted by molar-refractivity contribution is 7.80. The molecule has 26 heavy (non-hydrogen) atoms. The summed E-state index contributed by atoms with van der Waals surface area (Å²) in [6.45, 7) is 3.17. The van der Waals surface area contributed by atoms with Crippen molar-refractivity contribution in [1.82, 2.24) is 9.80 Å². The van der Waals surface area contributed by atoms with Gasteiger partial charge in [0.25, 0.3) is 0 Å². The van der Waals surface area contributed by atoms with Gasteiger partial charge in [-0.3, -0.25) is 0 Å². The number of benzene rings is 2. The number of likely N-dealkylation sites (tertiary alicyclic amines) is 1. The molecule has 0 aliphatic carbocycles. The van der Waals surface area contributed by atoms with E-state index >= 15 is 0 Å². The highest BCUT2D eigenvalue weighted by atomic mass is 35.5. The topological polar surface area (TPSA) is 18.5 Å². The number of nitrogens with one attached hydrogen (secondary N) is 1. The Morgan fingerprint density at radius 1 is 1.12 bits per heavy atom. The second kappa shape index (κ2) is 9.36. The fraction of sp³-hybridized carbons (Fsp3) is 0.381. The highest BCUT2D eigenvalue weighted by Crippen LogP contribution is 2.19. The summed E-state index contributed by atoms with van der Waals surface area (Å²) in [5, 5.41) is 4.94. The molecule has 1 aliphatic heterocycles. The van der Waals surface area contributed by atoms with Crippen LogP contribution < -0.4 is 5.32 Å². The van der Waals surface area contributed by atoms with E-state index in [1.807, 2.05) is 24.3 Å². The smallest absolute Gasteiger partial charge is 0.173 e. The molecular formula is C21H26ClN3S. The first kappa shape index (κ1) is 19.2. The Morgan fingerprint density at radius 2 is 1.77 bits per heavy atom. The van der Waals surface area contributed by atoms with Gasteiger partial charge in [0.05, 0.1) is 0 Å². The first-order chi connectivity index (χ1) is 12.6. The van der Waals surface area contributed by atoms with Crippen molar-refractivity contribution in [2.75, 3.05) is 32.0 Å². The maximum atomic E-state index is 5.99. The maximum Gasteiger partial charge on any atom is 0.173 e. The number of nitrogens with zero attached hydrogens (tertiary/aromatic N) is 2. The Labute approximate surface area is 166 Å². The summed E-state index contributed by atoms with van der Waals surface area (Å²) in [6.07, 6.45) is 3.29. The van der Waals surface area contributed by atoms with Gasteiger partial charge in [0, 0.05) is 23.3 Å². The first-order valence-corrected chi connectivity index (χ1v) is 9.96. The third kappa shape index (κ3) is 5.44. The standard InChI is InChI=1S/C21H26ClN3S/c1-24-14-12-20(13-15-24)25(16-11-17-5-3-2-4-6-17)21(26)23-19-9-7-18(22)8-10-19/h2-10,20H,11-16H2,1H3,(H,23,26). The third-order valence-corrected chi connectivity index (χ3v) is 5.56. The number of rotatable bonds is 5. The monoisotopic (exact) mass is 387 g/mol. The van der Waals surface area contributed by atoms with Crippen LogP contribution in [-0.2, 0) is 6.42 Å². The molecule has 2 aromatic carbocycles. The Hall–Kier alpha value is -1.62. The van der Waals surface area contributed by atoms with Crippen LogP contribution >= 0.6 is 23.8 Å². The molecule has 0 bridgehead atoms. The van der Waals surface area contributed by atoms with E-state index in [1.165, 1.54) is 5.56 Å². The minimum Gasteiger partial charge on any atom is -0.346 e. The van der Waals surface area contributed by atoms with E-state index in [4.69, 9.17) is 23.8 Å². The normalized spacial score (nSPS) is 15.6. The van der Waals surface area contributed by atoms with Gasteiger partial charge in [0.1, 0.15) is 0 Å². The zero-order chi connectivity index (χ0) is 18.4. The molecule has 1 N–H and O–H groups in total. The molecule has 0 spiro atoms. The Balaban J connectivity index is 1.68. The summed E-state index contributed by atoms with van der Waals surface area (Å²) >= 11 is 11.8. The molecule has 0 unspecified atom stereocenters. The summed E-state index contributed by atoms with van der Waals surface area (Å²) in [5.41, 5.74) is 2.33. The van der Waals surface area contributed by atoms with Crippen molar-refractivity contribution in [3.63, 3.8) is 0 Å². The fourth-order valence-corrected chi connectivity index (χ4v) is 3.86. The number of anilines is 1. The van der Waals surface area contributed by atoms with Crippen molar-refractivity contribution in [3.05, 3.63) is 65.2 Å². The lowest BCUT2D eigenvalue weighted by Gasteiger charge is -2.39. The predicted octanol–water partition coefficient (Wildman–Crippen LogP) is 4.68. The van der Waals surface area contributed by atoms with E-state index in [-0.39, 0.29) is 0 Å². The number of hydrogen-bond acceptors (Lipinski definition) is 2. The van der Waals surface area contributed by atoms with E-state index in [0.29, 0.717) is 6.04 Å². The van der Waals surface area contributed by atoms with Crippen molar-refractivity contribution in [2.45, 2.75) is 25.3 Å². The lowest BCUT2D eigenvalue weighted by atomic mass is 10.0. The van der Waals surface area contributed by atoms with Crippen molar-refractivity contribution in [3.8, 4) is 0 Å². The summed E-state index contributed by atoms with van der Waals surface area (Å²) < 4.78 is 0. The molecule has 0 amide bonds. The summed E-state index contributed by atoms with van der Waals surface area (Å²) in [6, 6.07) is 18.8. The van der Waals surface area contributed by atoms with E-state index < -0.39 is 0 Å². The predicted molar refractivity (Wildman–Crippen MR) is 115 cm³/mol. The average Bonchev–Trinajstić information content (AvgIpc) is 2.66. The zero-order valence-corrected chi connectivity index (χ0v) is 16.8. The van der Waals surface area contributed by atoms with Gasteiger partial charge in [-0.15, -0.1) is 0 Å². The third-order valence-electron chi connectivity index (χ3n) is 4.97. The van der Waals surface area contributed by atoms with Gasteiger partial charge >= 0.3 is 0 Å². The molecule has 0 radical (unpaired) electrons. The van der Waals surface area contributed by atoms with Crippen LogP contribution in [0.3, 0.4) is 0 Å². The van der Waals surface area contributed by atoms with Gasteiger partial charge in [-0.1, -0.05) is 41.9 Å². The number of halogens is 1. The molecule has 1 heterocycles. The molecule has 0 atom stereocenters. The van der Waals surface area contributed by atoms with Gasteiger partial charge < -0.3 is 15.1 Å². The van der Waals surface area contributed by atoms with Crippen molar-refractivity contribution in [1.29, 1.82) is 0 Å². The van der Waals surface area contributed by atoms with E-state index in [1.54, 1.807) is 0 Å². The van der Waals surface area contributed by atoms with Crippen LogP contribution in [0.5, 0.6) is 0 Å². The lowest BCUT2D eigenvalue weighted by molar-refractivity contribution is 0.178. The maximum absolute atomic E-state index is 5.99. The van der Waals surface area contributed by atoms with Crippen LogP contribution in [0.15, 0.2) is 54.6 Å². The minimum absolute atomic E-state index is 0.488. The number of piperidine rings is 1. The molecule has 138 valence electrons. The van der Waals surface area contributed by atoms with Gasteiger partial charge in [0.2, 0.25) is 0 Å². The van der Waals surface area contributed by atoms with E-state index in [0.717, 1.165) is 54.7 Å². The van der Waals surface area contributed by atoms with Gasteiger partial charge in [0.15, 0.2) is 5.11 Å². The van der Waals surface area contributed by atoms with E-state index in [2.05, 4.69) is 52.5 Å². The van der Waals surface area contributed by atoms with Crippen LogP contribution in [0.1, 0.15) is 18.4 Å². The fourth-order valence-electron chi connectivity index (χ4n) is 3.38. The second-order valence-electron chi connectivity index (χ2n) is 6.90. The summed E-state index contributed by atoms with van der Waals surface area (Å²) in [5.74, 6) is 0. The SMILES string of the molecule is CN1CCC(N(CCc2ccccc2)C(=S)Nc2ccc(Cl)cc2)CC1. The van der Waals surface area contributed by atoms with Crippen LogP contribution in [0, 0.1) is 0 Å². The second-order valence-corrected chi connectivity index (χ2v) is 7.72. The molecule has 1 saturated heterocycles. The average molecular weight is 388 g/mol. The largest absolute Gasteiger partial charge is 0.346 e. The van der Waals surface area contributed by atoms with Gasteiger partial charge in [-0.25, -0.2) is 0 Å². The lowest BCUT2D eigenvalue weighted by Crippen LogP contribution is -2.48. The summed E-state index contributed by atoms with van der Waals surface area (Å²) in [4.78, 5) is 4.77. The van der Waals surface area contributed by atoms with Crippen molar-refractivity contribution < 1.29 is 0 Å². The first-order valence-electron chi connectivity index (χ1n) is 9.17. The minimum atomic E-state index is 0.488. The van der Waals surface area contributed by atoms with Gasteiger partial charge in [-0.05, 0) is 81.4 Å². The molecular weight excluding hydrogens is 362 g/mol. The Morgan fingerprint density at radius 3 is 2.42 bits per heavy atom. The number of thiocarbonyl (C=S) groups is 1. The van der Waals surface area contributed by atoms with E-state index in [9.17, 15) is 0 Å². The Kier molecular flexibility index (Phi) is 6.89. The van der Waals surface area contributed by atoms with Crippen LogP contribution in [0.25, 0.3) is 0 Å². The highest BCUT2D eigenvalue weighted by Gasteiger charge is 2.25. The molecule has 0 aromatic heterocycles. The van der Waals surface area contributed by atoms with Gasteiger partial charge in [-0.2, -0.15) is 0 Å². The molecule has 2 aromatic rings. The molecule has 5 heteroatoms. The number of hydrogen-bond donors (Lipinski definition) is 1. The van der Waals surface area contributed by atoms with Crippen LogP contribution in [-0.4, -0.2) is 47.6 Å². The molecule has 3 rings (SSSR count). The summed E-state index contributed by atoms with van der Waals surface area (Å²) in [7, 11) is 2.19. The zero-order valence-electron chi connectivity index (χ0n) is 15.2.